The molecule has 9 heteroatoms. The van der Waals surface area contributed by atoms with E-state index in [9.17, 15) is 0 Å². The highest BCUT2D eigenvalue weighted by Gasteiger charge is 2.38. The van der Waals surface area contributed by atoms with Gasteiger partial charge in [-0.25, -0.2) is 4.98 Å². The van der Waals surface area contributed by atoms with Gasteiger partial charge in [0.15, 0.2) is 5.82 Å². The molecule has 0 spiro atoms. The first-order valence-electron chi connectivity index (χ1n) is 8.04. The van der Waals surface area contributed by atoms with E-state index in [1.165, 1.54) is 0 Å². The first-order valence-corrected chi connectivity index (χ1v) is 9.30. The fourth-order valence-electron chi connectivity index (χ4n) is 2.64. The van der Waals surface area contributed by atoms with Crippen LogP contribution in [0.5, 0.6) is 5.75 Å². The molecule has 0 atom stereocenters. The van der Waals surface area contributed by atoms with E-state index >= 15 is 0 Å². The molecule has 1 aliphatic carbocycles. The molecule has 0 unspecified atom stereocenters. The summed E-state index contributed by atoms with van der Waals surface area (Å²) in [5, 5.41) is 7.58. The van der Waals surface area contributed by atoms with E-state index in [2.05, 4.69) is 15.1 Å². The van der Waals surface area contributed by atoms with Gasteiger partial charge in [-0.05, 0) is 43.5 Å². The average molecular weight is 413 g/mol. The monoisotopic (exact) mass is 412 g/mol. The first-order chi connectivity index (χ1) is 12.1. The number of halogens is 2. The summed E-state index contributed by atoms with van der Waals surface area (Å²) in [6, 6.07) is 7.26. The molecule has 3 aromatic rings. The number of thiazole rings is 1. The fourth-order valence-corrected chi connectivity index (χ4v) is 3.47. The number of rotatable bonds is 6. The Morgan fingerprint density at radius 3 is 2.69 bits per heavy atom. The van der Waals surface area contributed by atoms with Crippen molar-refractivity contribution in [2.75, 3.05) is 0 Å². The number of hydrogen-bond acceptors (Lipinski definition) is 7. The van der Waals surface area contributed by atoms with Crippen LogP contribution >= 0.6 is 35.3 Å². The lowest BCUT2D eigenvalue weighted by atomic mass is 9.77. The predicted octanol–water partition coefficient (Wildman–Crippen LogP) is 4.11. The van der Waals surface area contributed by atoms with Gasteiger partial charge in [-0.15, -0.1) is 23.7 Å². The lowest BCUT2D eigenvalue weighted by Gasteiger charge is -2.34. The minimum absolute atomic E-state index is 0. The Labute approximate surface area is 166 Å². The van der Waals surface area contributed by atoms with Crippen LogP contribution in [0.15, 0.2) is 34.2 Å². The van der Waals surface area contributed by atoms with Crippen LogP contribution < -0.4 is 10.5 Å². The van der Waals surface area contributed by atoms with Crippen molar-refractivity contribution in [2.45, 2.75) is 37.8 Å². The van der Waals surface area contributed by atoms with Gasteiger partial charge in [-0.3, -0.25) is 0 Å². The lowest BCUT2D eigenvalue weighted by Crippen LogP contribution is -2.44. The smallest absolute Gasteiger partial charge is 0.232 e. The molecule has 1 saturated carbocycles. The molecule has 4 rings (SSSR count). The van der Waals surface area contributed by atoms with Gasteiger partial charge in [0.1, 0.15) is 17.4 Å². The standard InChI is InChI=1S/C17H17ClN4O2S.ClH/c18-11-2-4-13(5-3-11)23-9-15-20-12(10-25-15)8-14-21-16(22-24-14)17(19)6-1-7-17;/h2-5,10H,1,6-9,19H2;1H. The van der Waals surface area contributed by atoms with Crippen molar-refractivity contribution < 1.29 is 9.26 Å². The summed E-state index contributed by atoms with van der Waals surface area (Å²) in [4.78, 5) is 8.98. The normalized spacial score (nSPS) is 15.2. The molecular formula is C17H18Cl2N4O2S. The molecule has 1 fully saturated rings. The van der Waals surface area contributed by atoms with E-state index in [-0.39, 0.29) is 12.4 Å². The highest BCUT2D eigenvalue weighted by Crippen LogP contribution is 2.37. The Balaban J connectivity index is 0.00000196. The molecule has 138 valence electrons. The highest BCUT2D eigenvalue weighted by atomic mass is 35.5. The number of nitrogens with zero attached hydrogens (tertiary/aromatic N) is 3. The molecule has 2 heterocycles. The van der Waals surface area contributed by atoms with E-state index in [4.69, 9.17) is 26.6 Å². The lowest BCUT2D eigenvalue weighted by molar-refractivity contribution is 0.229. The van der Waals surface area contributed by atoms with Crippen molar-refractivity contribution in [3.8, 4) is 5.75 Å². The largest absolute Gasteiger partial charge is 0.486 e. The van der Waals surface area contributed by atoms with Crippen molar-refractivity contribution >= 4 is 35.3 Å². The molecule has 6 nitrogen and oxygen atoms in total. The molecule has 1 aliphatic rings. The van der Waals surface area contributed by atoms with Gasteiger partial charge >= 0.3 is 0 Å². The van der Waals surface area contributed by atoms with Gasteiger partial charge < -0.3 is 15.0 Å². The van der Waals surface area contributed by atoms with E-state index in [0.29, 0.717) is 29.8 Å². The zero-order valence-electron chi connectivity index (χ0n) is 13.9. The van der Waals surface area contributed by atoms with Gasteiger partial charge in [0.2, 0.25) is 5.89 Å². The zero-order valence-corrected chi connectivity index (χ0v) is 16.2. The summed E-state index contributed by atoms with van der Waals surface area (Å²) in [7, 11) is 0. The number of ether oxygens (including phenoxy) is 1. The fraction of sp³-hybridized carbons (Fsp3) is 0.353. The van der Waals surface area contributed by atoms with Crippen molar-refractivity contribution in [3.63, 3.8) is 0 Å². The van der Waals surface area contributed by atoms with Crippen molar-refractivity contribution in [2.24, 2.45) is 5.73 Å². The maximum atomic E-state index is 6.22. The average Bonchev–Trinajstić information content (AvgIpc) is 3.22. The van der Waals surface area contributed by atoms with Crippen molar-refractivity contribution in [3.05, 3.63) is 57.1 Å². The molecule has 2 N–H and O–H groups in total. The Morgan fingerprint density at radius 1 is 1.23 bits per heavy atom. The van der Waals surface area contributed by atoms with E-state index in [1.54, 1.807) is 23.5 Å². The van der Waals surface area contributed by atoms with Gasteiger partial charge in [0, 0.05) is 10.4 Å². The molecule has 0 saturated heterocycles. The minimum atomic E-state index is -0.401. The van der Waals surface area contributed by atoms with E-state index in [1.807, 2.05) is 17.5 Å². The van der Waals surface area contributed by atoms with Crippen LogP contribution in [0.25, 0.3) is 0 Å². The third-order valence-electron chi connectivity index (χ3n) is 4.27. The Morgan fingerprint density at radius 2 is 2.00 bits per heavy atom. The minimum Gasteiger partial charge on any atom is -0.486 e. The van der Waals surface area contributed by atoms with E-state index in [0.717, 1.165) is 35.7 Å². The van der Waals surface area contributed by atoms with Crippen LogP contribution in [0.1, 0.15) is 41.7 Å². The first kappa shape index (κ1) is 19.1. The summed E-state index contributed by atoms with van der Waals surface area (Å²) in [5.74, 6) is 1.91. The SMILES string of the molecule is Cl.NC1(c2noc(Cc3csc(COc4ccc(Cl)cc4)n3)n2)CCC1. The van der Waals surface area contributed by atoms with Crippen LogP contribution in [0.3, 0.4) is 0 Å². The number of benzene rings is 1. The van der Waals surface area contributed by atoms with Crippen LogP contribution in [0.2, 0.25) is 5.02 Å². The quantitative estimate of drug-likeness (QED) is 0.655. The van der Waals surface area contributed by atoms with E-state index < -0.39 is 5.54 Å². The van der Waals surface area contributed by atoms with Gasteiger partial charge in [0.25, 0.3) is 0 Å². The molecule has 0 bridgehead atoms. The molecule has 0 aliphatic heterocycles. The Bertz CT molecular complexity index is 862. The predicted molar refractivity (Wildman–Crippen MR) is 102 cm³/mol. The molecule has 2 aromatic heterocycles. The summed E-state index contributed by atoms with van der Waals surface area (Å²) in [5.41, 5.74) is 6.70. The summed E-state index contributed by atoms with van der Waals surface area (Å²) < 4.78 is 11.0. The number of hydrogen-bond donors (Lipinski definition) is 1. The Kier molecular flexibility index (Phi) is 5.82. The van der Waals surface area contributed by atoms with Gasteiger partial charge in [0.05, 0.1) is 17.7 Å². The van der Waals surface area contributed by atoms with Crippen LogP contribution in [0, 0.1) is 0 Å². The molecule has 0 radical (unpaired) electrons. The van der Waals surface area contributed by atoms with Gasteiger partial charge in [-0.2, -0.15) is 4.98 Å². The third-order valence-corrected chi connectivity index (χ3v) is 5.39. The molecular weight excluding hydrogens is 395 g/mol. The second kappa shape index (κ2) is 7.92. The van der Waals surface area contributed by atoms with Crippen LogP contribution in [-0.4, -0.2) is 15.1 Å². The van der Waals surface area contributed by atoms with Crippen molar-refractivity contribution in [1.82, 2.24) is 15.1 Å². The Hall–Kier alpha value is -1.67. The third kappa shape index (κ3) is 4.17. The molecule has 0 amide bonds. The van der Waals surface area contributed by atoms with Crippen LogP contribution in [-0.2, 0) is 18.6 Å². The number of aromatic nitrogens is 3. The van der Waals surface area contributed by atoms with Crippen LogP contribution in [0.4, 0.5) is 0 Å². The zero-order chi connectivity index (χ0) is 17.3. The molecule has 1 aromatic carbocycles. The topological polar surface area (TPSA) is 87.1 Å². The number of nitrogens with two attached hydrogens (primary N) is 1. The second-order valence-electron chi connectivity index (χ2n) is 6.17. The maximum absolute atomic E-state index is 6.22. The van der Waals surface area contributed by atoms with Crippen molar-refractivity contribution in [1.29, 1.82) is 0 Å². The highest BCUT2D eigenvalue weighted by molar-refractivity contribution is 7.09. The van der Waals surface area contributed by atoms with Gasteiger partial charge in [-0.1, -0.05) is 16.8 Å². The summed E-state index contributed by atoms with van der Waals surface area (Å²) in [6.07, 6.45) is 3.44. The molecule has 26 heavy (non-hydrogen) atoms. The summed E-state index contributed by atoms with van der Waals surface area (Å²) in [6.45, 7) is 0.410. The maximum Gasteiger partial charge on any atom is 0.232 e. The second-order valence-corrected chi connectivity index (χ2v) is 7.55. The summed E-state index contributed by atoms with van der Waals surface area (Å²) >= 11 is 7.40.